The average molecular weight is 676 g/mol. The second kappa shape index (κ2) is 11.7. The zero-order valence-electron chi connectivity index (χ0n) is 28.5. The van der Waals surface area contributed by atoms with Crippen LogP contribution in [0.1, 0.15) is 0 Å². The molecule has 0 bridgehead atoms. The molecule has 4 nitrogen and oxygen atoms in total. The van der Waals surface area contributed by atoms with Crippen LogP contribution in [-0.2, 0) is 0 Å². The van der Waals surface area contributed by atoms with Gasteiger partial charge in [0.25, 0.3) is 0 Å². The summed E-state index contributed by atoms with van der Waals surface area (Å²) in [7, 11) is 0. The Balaban J connectivity index is 1.10. The molecule has 53 heavy (non-hydrogen) atoms. The molecule has 0 atom stereocenters. The second-order valence-electron chi connectivity index (χ2n) is 13.5. The van der Waals surface area contributed by atoms with Crippen LogP contribution in [-0.4, -0.2) is 15.0 Å². The molecule has 0 amide bonds. The van der Waals surface area contributed by atoms with Crippen molar-refractivity contribution in [2.24, 2.45) is 0 Å². The molecule has 2 aromatic heterocycles. The lowest BCUT2D eigenvalue weighted by molar-refractivity contribution is 0.669. The molecule has 246 valence electrons. The van der Waals surface area contributed by atoms with Gasteiger partial charge in [-0.3, -0.25) is 0 Å². The van der Waals surface area contributed by atoms with E-state index in [2.05, 4.69) is 115 Å². The SMILES string of the molecule is c1ccc(-c2nc(-c3cccc(-c4cccc5c4ccc4c6ccccc6c6ccccc6c54)c3)nc(-c3ccc4oc5ccccc5c4c3)n2)cc1. The number of rotatable bonds is 4. The second-order valence-corrected chi connectivity index (χ2v) is 13.5. The Kier molecular flexibility index (Phi) is 6.52. The summed E-state index contributed by atoms with van der Waals surface area (Å²) < 4.78 is 6.13. The van der Waals surface area contributed by atoms with Crippen LogP contribution in [0.25, 0.3) is 110 Å². The van der Waals surface area contributed by atoms with Gasteiger partial charge in [-0.15, -0.1) is 0 Å². The first-order chi connectivity index (χ1) is 26.3. The fraction of sp³-hybridized carbons (Fsp3) is 0. The van der Waals surface area contributed by atoms with Crippen molar-refractivity contribution in [1.29, 1.82) is 0 Å². The number of aromatic nitrogens is 3. The average Bonchev–Trinajstić information content (AvgIpc) is 3.61. The molecule has 11 aromatic rings. The summed E-state index contributed by atoms with van der Waals surface area (Å²) in [5.74, 6) is 1.86. The number of hydrogen-bond donors (Lipinski definition) is 0. The first kappa shape index (κ1) is 29.5. The van der Waals surface area contributed by atoms with Crippen LogP contribution >= 0.6 is 0 Å². The van der Waals surface area contributed by atoms with Crippen molar-refractivity contribution in [3.05, 3.63) is 176 Å². The smallest absolute Gasteiger partial charge is 0.164 e. The number of hydrogen-bond acceptors (Lipinski definition) is 4. The maximum absolute atomic E-state index is 6.13. The molecule has 0 aliphatic carbocycles. The maximum Gasteiger partial charge on any atom is 0.164 e. The Morgan fingerprint density at radius 3 is 1.55 bits per heavy atom. The minimum Gasteiger partial charge on any atom is -0.456 e. The van der Waals surface area contributed by atoms with Gasteiger partial charge >= 0.3 is 0 Å². The van der Waals surface area contributed by atoms with Gasteiger partial charge in [-0.2, -0.15) is 0 Å². The molecular weight excluding hydrogens is 647 g/mol. The van der Waals surface area contributed by atoms with Gasteiger partial charge in [0, 0.05) is 27.5 Å². The fourth-order valence-electron chi connectivity index (χ4n) is 8.05. The van der Waals surface area contributed by atoms with Crippen molar-refractivity contribution in [3.63, 3.8) is 0 Å². The van der Waals surface area contributed by atoms with E-state index >= 15 is 0 Å². The summed E-state index contributed by atoms with van der Waals surface area (Å²) in [6, 6.07) is 61.7. The summed E-state index contributed by atoms with van der Waals surface area (Å²) >= 11 is 0. The monoisotopic (exact) mass is 675 g/mol. The van der Waals surface area contributed by atoms with E-state index in [-0.39, 0.29) is 0 Å². The summed E-state index contributed by atoms with van der Waals surface area (Å²) in [6.07, 6.45) is 0. The molecule has 0 aliphatic rings. The van der Waals surface area contributed by atoms with E-state index in [1.807, 2.05) is 60.7 Å². The van der Waals surface area contributed by atoms with Gasteiger partial charge in [-0.1, -0.05) is 146 Å². The minimum atomic E-state index is 0.613. The Bertz CT molecular complexity index is 3200. The predicted molar refractivity (Wildman–Crippen MR) is 219 cm³/mol. The third kappa shape index (κ3) is 4.73. The molecule has 4 heteroatoms. The van der Waals surface area contributed by atoms with E-state index in [0.717, 1.165) is 44.2 Å². The molecule has 11 rings (SSSR count). The summed E-state index contributed by atoms with van der Waals surface area (Å²) in [5.41, 5.74) is 6.73. The fourth-order valence-corrected chi connectivity index (χ4v) is 8.05. The normalized spacial score (nSPS) is 11.8. The molecule has 0 N–H and O–H groups in total. The van der Waals surface area contributed by atoms with E-state index in [4.69, 9.17) is 19.4 Å². The topological polar surface area (TPSA) is 51.8 Å². The molecule has 0 saturated heterocycles. The number of para-hydroxylation sites is 1. The van der Waals surface area contributed by atoms with Crippen molar-refractivity contribution >= 4 is 65.0 Å². The highest BCUT2D eigenvalue weighted by Gasteiger charge is 2.17. The molecule has 0 unspecified atom stereocenters. The number of fused-ring (bicyclic) bond motifs is 11. The van der Waals surface area contributed by atoms with E-state index in [1.54, 1.807) is 0 Å². The quantitative estimate of drug-likeness (QED) is 0.174. The molecule has 0 fully saturated rings. The first-order valence-corrected chi connectivity index (χ1v) is 17.9. The standard InChI is InChI=1S/C49H29N3O/c1-2-12-30(13-3-1)47-50-48(52-49(51-47)33-24-27-45-43(29-33)39-19-8-9-23-44(39)53-45)32-15-10-14-31(28-32)34-21-11-22-41-38(34)25-26-42-37-18-5-4-16-35(37)36-17-6-7-20-40(36)46(41)42/h1-29H. The Morgan fingerprint density at radius 1 is 0.283 bits per heavy atom. The minimum absolute atomic E-state index is 0.613. The third-order valence-electron chi connectivity index (χ3n) is 10.5. The maximum atomic E-state index is 6.13. The van der Waals surface area contributed by atoms with Gasteiger partial charge in [0.05, 0.1) is 0 Å². The van der Waals surface area contributed by atoms with Crippen LogP contribution in [0.5, 0.6) is 0 Å². The van der Waals surface area contributed by atoms with E-state index in [1.165, 1.54) is 48.7 Å². The number of benzene rings is 9. The van der Waals surface area contributed by atoms with E-state index < -0.39 is 0 Å². The largest absolute Gasteiger partial charge is 0.456 e. The predicted octanol–water partition coefficient (Wildman–Crippen LogP) is 13.1. The molecule has 0 spiro atoms. The van der Waals surface area contributed by atoms with E-state index in [9.17, 15) is 0 Å². The Hall–Kier alpha value is -7.17. The van der Waals surface area contributed by atoms with Gasteiger partial charge in [0.1, 0.15) is 11.2 Å². The summed E-state index contributed by atoms with van der Waals surface area (Å²) in [5, 5.41) is 12.2. The number of furan rings is 1. The van der Waals surface area contributed by atoms with Gasteiger partial charge < -0.3 is 4.42 Å². The molecule has 9 aromatic carbocycles. The molecule has 0 radical (unpaired) electrons. The zero-order chi connectivity index (χ0) is 34.9. The van der Waals surface area contributed by atoms with Crippen LogP contribution < -0.4 is 0 Å². The van der Waals surface area contributed by atoms with Gasteiger partial charge in [-0.25, -0.2) is 15.0 Å². The highest BCUT2D eigenvalue weighted by atomic mass is 16.3. The highest BCUT2D eigenvalue weighted by molar-refractivity contribution is 6.32. The molecular formula is C49H29N3O. The van der Waals surface area contributed by atoms with Crippen molar-refractivity contribution in [2.45, 2.75) is 0 Å². The van der Waals surface area contributed by atoms with Crippen LogP contribution in [0, 0.1) is 0 Å². The van der Waals surface area contributed by atoms with E-state index in [0.29, 0.717) is 17.5 Å². The molecule has 0 saturated carbocycles. The van der Waals surface area contributed by atoms with Crippen LogP contribution in [0.4, 0.5) is 0 Å². The molecule has 2 heterocycles. The number of nitrogens with zero attached hydrogens (tertiary/aromatic N) is 3. The lowest BCUT2D eigenvalue weighted by Gasteiger charge is -2.15. The zero-order valence-corrected chi connectivity index (χ0v) is 28.5. The third-order valence-corrected chi connectivity index (χ3v) is 10.5. The lowest BCUT2D eigenvalue weighted by atomic mass is 9.89. The van der Waals surface area contributed by atoms with Crippen molar-refractivity contribution < 1.29 is 4.42 Å². The van der Waals surface area contributed by atoms with Gasteiger partial charge in [-0.05, 0) is 84.5 Å². The van der Waals surface area contributed by atoms with Crippen LogP contribution in [0.3, 0.4) is 0 Å². The Morgan fingerprint density at radius 2 is 0.774 bits per heavy atom. The van der Waals surface area contributed by atoms with Gasteiger partial charge in [0.2, 0.25) is 0 Å². The van der Waals surface area contributed by atoms with Crippen LogP contribution in [0.2, 0.25) is 0 Å². The van der Waals surface area contributed by atoms with Crippen molar-refractivity contribution in [3.8, 4) is 45.3 Å². The molecule has 0 aliphatic heterocycles. The highest BCUT2D eigenvalue weighted by Crippen LogP contribution is 2.41. The van der Waals surface area contributed by atoms with Gasteiger partial charge in [0.15, 0.2) is 17.5 Å². The lowest BCUT2D eigenvalue weighted by Crippen LogP contribution is -2.00. The summed E-state index contributed by atoms with van der Waals surface area (Å²) in [6.45, 7) is 0. The van der Waals surface area contributed by atoms with Crippen molar-refractivity contribution in [1.82, 2.24) is 15.0 Å². The first-order valence-electron chi connectivity index (χ1n) is 17.9. The summed E-state index contributed by atoms with van der Waals surface area (Å²) in [4.78, 5) is 15.2. The Labute approximate surface area is 304 Å². The van der Waals surface area contributed by atoms with Crippen molar-refractivity contribution in [2.75, 3.05) is 0 Å². The van der Waals surface area contributed by atoms with Crippen LogP contribution in [0.15, 0.2) is 180 Å².